The quantitative estimate of drug-likeness (QED) is 0.527. The molecule has 3 aromatic rings. The van der Waals surface area contributed by atoms with Gasteiger partial charge in [0.25, 0.3) is 0 Å². The van der Waals surface area contributed by atoms with Crippen molar-refractivity contribution in [2.75, 3.05) is 6.54 Å². The number of aliphatic imine (C=N–C) groups is 1. The van der Waals surface area contributed by atoms with Crippen molar-refractivity contribution in [2.24, 2.45) is 4.99 Å². The largest absolute Gasteiger partial charge is 0.292 e. The van der Waals surface area contributed by atoms with E-state index in [2.05, 4.69) is 56.3 Å². The second-order valence-electron chi connectivity index (χ2n) is 7.81. The molecule has 0 saturated heterocycles. The molecule has 1 aliphatic rings. The second-order valence-corrected chi connectivity index (χ2v) is 8.81. The van der Waals surface area contributed by atoms with Gasteiger partial charge in [-0.05, 0) is 58.4 Å². The zero-order chi connectivity index (χ0) is 20.5. The summed E-state index contributed by atoms with van der Waals surface area (Å²) in [5.74, 6) is 0.499. The van der Waals surface area contributed by atoms with Crippen LogP contribution in [0.15, 0.2) is 17.1 Å². The molecule has 4 heterocycles. The van der Waals surface area contributed by atoms with Crippen LogP contribution >= 0.6 is 11.3 Å². The van der Waals surface area contributed by atoms with Gasteiger partial charge in [0, 0.05) is 23.9 Å². The molecule has 1 aliphatic heterocycles. The van der Waals surface area contributed by atoms with E-state index < -0.39 is 0 Å². The van der Waals surface area contributed by atoms with E-state index in [0.29, 0.717) is 5.92 Å². The van der Waals surface area contributed by atoms with Gasteiger partial charge in [0.2, 0.25) is 0 Å². The van der Waals surface area contributed by atoms with E-state index in [1.54, 1.807) is 11.3 Å². The first-order valence-electron chi connectivity index (χ1n) is 10.6. The number of imidazole rings is 1. The fourth-order valence-corrected chi connectivity index (χ4v) is 5.26. The fourth-order valence-electron chi connectivity index (χ4n) is 4.11. The highest BCUT2D eigenvalue weighted by molar-refractivity contribution is 7.16. The Morgan fingerprint density at radius 3 is 2.66 bits per heavy atom. The van der Waals surface area contributed by atoms with Crippen LogP contribution in [0.1, 0.15) is 73.1 Å². The number of rotatable bonds is 5. The van der Waals surface area contributed by atoms with Gasteiger partial charge >= 0.3 is 0 Å². The lowest BCUT2D eigenvalue weighted by atomic mass is 9.95. The molecule has 0 saturated carbocycles. The summed E-state index contributed by atoms with van der Waals surface area (Å²) in [6.45, 7) is 11.6. The van der Waals surface area contributed by atoms with E-state index in [1.165, 1.54) is 5.56 Å². The van der Waals surface area contributed by atoms with Gasteiger partial charge < -0.3 is 0 Å². The van der Waals surface area contributed by atoms with Crippen LogP contribution in [0.4, 0.5) is 0 Å². The number of allylic oxidation sites excluding steroid dienone is 2. The average Bonchev–Trinajstić information content (AvgIpc) is 3.09. The van der Waals surface area contributed by atoms with E-state index in [4.69, 9.17) is 15.1 Å². The molecule has 0 N–H and O–H groups in total. The molecule has 0 fully saturated rings. The molecule has 29 heavy (non-hydrogen) atoms. The molecular formula is C23H29N5S. The molecule has 0 atom stereocenters. The standard InChI is InChI=1S/C23H29N5S/c1-6-17(7-2)19-12-14(3)27-28-20(15(4)25-22(19)28)21-16(5)26-23(29-21)18-10-8-9-11-24-13-18/h10,12-13,17H,6-9,11H2,1-5H3. The van der Waals surface area contributed by atoms with Crippen LogP contribution in [0.25, 0.3) is 21.8 Å². The van der Waals surface area contributed by atoms with Crippen molar-refractivity contribution < 1.29 is 0 Å². The lowest BCUT2D eigenvalue weighted by molar-refractivity contribution is 0.638. The lowest BCUT2D eigenvalue weighted by Crippen LogP contribution is -2.05. The van der Waals surface area contributed by atoms with E-state index in [0.717, 1.165) is 76.1 Å². The Labute approximate surface area is 176 Å². The van der Waals surface area contributed by atoms with Crippen molar-refractivity contribution >= 4 is 28.8 Å². The summed E-state index contributed by atoms with van der Waals surface area (Å²) in [5.41, 5.74) is 7.56. The van der Waals surface area contributed by atoms with E-state index in [-0.39, 0.29) is 0 Å². The highest BCUT2D eigenvalue weighted by Gasteiger charge is 2.23. The van der Waals surface area contributed by atoms with Crippen LogP contribution in [-0.2, 0) is 0 Å². The van der Waals surface area contributed by atoms with Gasteiger partial charge in [0.1, 0.15) is 10.7 Å². The lowest BCUT2D eigenvalue weighted by Gasteiger charge is -2.14. The van der Waals surface area contributed by atoms with Crippen LogP contribution in [-0.4, -0.2) is 32.3 Å². The predicted octanol–water partition coefficient (Wildman–Crippen LogP) is 5.93. The van der Waals surface area contributed by atoms with Crippen LogP contribution < -0.4 is 0 Å². The highest BCUT2D eigenvalue weighted by atomic mass is 32.1. The summed E-state index contributed by atoms with van der Waals surface area (Å²) in [7, 11) is 0. The number of fused-ring (bicyclic) bond motifs is 1. The molecule has 0 amide bonds. The molecule has 0 aromatic carbocycles. The summed E-state index contributed by atoms with van der Waals surface area (Å²) in [6, 6.07) is 2.21. The van der Waals surface area contributed by atoms with E-state index in [9.17, 15) is 0 Å². The number of thiazole rings is 1. The molecule has 0 radical (unpaired) electrons. The van der Waals surface area contributed by atoms with Crippen molar-refractivity contribution in [3.63, 3.8) is 0 Å². The normalized spacial score (nSPS) is 14.6. The molecule has 4 rings (SSSR count). The van der Waals surface area contributed by atoms with Gasteiger partial charge in [-0.15, -0.1) is 11.3 Å². The smallest absolute Gasteiger partial charge is 0.158 e. The SMILES string of the molecule is CCC(CC)c1cc(C)nn2c(-c3sc(C4=CCCCN=C4)nc3C)c(C)nc12. The molecule has 0 bridgehead atoms. The first-order chi connectivity index (χ1) is 14.0. The Balaban J connectivity index is 1.89. The van der Waals surface area contributed by atoms with E-state index >= 15 is 0 Å². The zero-order valence-corrected chi connectivity index (χ0v) is 18.8. The van der Waals surface area contributed by atoms with Gasteiger partial charge in [-0.1, -0.05) is 19.9 Å². The Bertz CT molecular complexity index is 1100. The highest BCUT2D eigenvalue weighted by Crippen LogP contribution is 2.37. The molecule has 152 valence electrons. The molecule has 0 spiro atoms. The van der Waals surface area contributed by atoms with Gasteiger partial charge in [-0.2, -0.15) is 5.10 Å². The Kier molecular flexibility index (Phi) is 5.63. The third kappa shape index (κ3) is 3.66. The van der Waals surface area contributed by atoms with Crippen LogP contribution in [0.2, 0.25) is 0 Å². The van der Waals surface area contributed by atoms with Crippen molar-refractivity contribution in [1.82, 2.24) is 19.6 Å². The molecule has 6 heteroatoms. The molecule has 5 nitrogen and oxygen atoms in total. The zero-order valence-electron chi connectivity index (χ0n) is 18.0. The number of nitrogens with zero attached hydrogens (tertiary/aromatic N) is 5. The van der Waals surface area contributed by atoms with Gasteiger partial charge in [-0.25, -0.2) is 14.5 Å². The first-order valence-corrected chi connectivity index (χ1v) is 11.4. The van der Waals surface area contributed by atoms with Crippen molar-refractivity contribution in [1.29, 1.82) is 0 Å². The molecular weight excluding hydrogens is 378 g/mol. The fraction of sp³-hybridized carbons (Fsp3) is 0.478. The van der Waals surface area contributed by atoms with Crippen molar-refractivity contribution in [3.8, 4) is 10.6 Å². The number of hydrogen-bond donors (Lipinski definition) is 0. The van der Waals surface area contributed by atoms with Gasteiger partial charge in [-0.3, -0.25) is 4.99 Å². The minimum Gasteiger partial charge on any atom is -0.292 e. The number of aryl methyl sites for hydroxylation is 3. The average molecular weight is 408 g/mol. The maximum absolute atomic E-state index is 4.96. The maximum atomic E-state index is 4.96. The van der Waals surface area contributed by atoms with Crippen LogP contribution in [0.5, 0.6) is 0 Å². The Morgan fingerprint density at radius 2 is 1.90 bits per heavy atom. The van der Waals surface area contributed by atoms with Crippen LogP contribution in [0, 0.1) is 20.8 Å². The second kappa shape index (κ2) is 8.19. The Morgan fingerprint density at radius 1 is 1.10 bits per heavy atom. The van der Waals surface area contributed by atoms with Crippen molar-refractivity contribution in [3.05, 3.63) is 39.8 Å². The molecule has 0 aliphatic carbocycles. The summed E-state index contributed by atoms with van der Waals surface area (Å²) in [6.07, 6.45) is 8.60. The summed E-state index contributed by atoms with van der Waals surface area (Å²) in [5, 5.41) is 5.89. The topological polar surface area (TPSA) is 55.4 Å². The number of hydrogen-bond acceptors (Lipinski definition) is 5. The minimum absolute atomic E-state index is 0.499. The third-order valence-electron chi connectivity index (χ3n) is 5.68. The summed E-state index contributed by atoms with van der Waals surface area (Å²) < 4.78 is 2.05. The van der Waals surface area contributed by atoms with Crippen LogP contribution in [0.3, 0.4) is 0 Å². The van der Waals surface area contributed by atoms with Gasteiger partial charge in [0.15, 0.2) is 5.65 Å². The maximum Gasteiger partial charge on any atom is 0.158 e. The predicted molar refractivity (Wildman–Crippen MR) is 122 cm³/mol. The molecule has 0 unspecified atom stereocenters. The summed E-state index contributed by atoms with van der Waals surface area (Å²) in [4.78, 5) is 15.5. The summed E-state index contributed by atoms with van der Waals surface area (Å²) >= 11 is 1.72. The first kappa shape index (κ1) is 20.0. The van der Waals surface area contributed by atoms with Gasteiger partial charge in [0.05, 0.1) is 22.0 Å². The Hall–Kier alpha value is -2.34. The monoisotopic (exact) mass is 407 g/mol. The number of aromatic nitrogens is 4. The van der Waals surface area contributed by atoms with E-state index in [1.807, 2.05) is 6.21 Å². The van der Waals surface area contributed by atoms with Crippen molar-refractivity contribution in [2.45, 2.75) is 66.2 Å². The minimum atomic E-state index is 0.499. The molecule has 3 aromatic heterocycles. The third-order valence-corrected chi connectivity index (χ3v) is 6.89.